The van der Waals surface area contributed by atoms with Crippen molar-refractivity contribution in [2.24, 2.45) is 5.73 Å². The summed E-state index contributed by atoms with van der Waals surface area (Å²) < 4.78 is 0. The van der Waals surface area contributed by atoms with E-state index in [9.17, 15) is 0 Å². The van der Waals surface area contributed by atoms with E-state index in [1.165, 1.54) is 38.8 Å². The lowest BCUT2D eigenvalue weighted by Crippen LogP contribution is -2.35. The summed E-state index contributed by atoms with van der Waals surface area (Å²) in [6.45, 7) is 2.99. The van der Waals surface area contributed by atoms with Crippen LogP contribution in [0.1, 0.15) is 37.4 Å². The predicted octanol–water partition coefficient (Wildman–Crippen LogP) is 1.96. The van der Waals surface area contributed by atoms with Crippen LogP contribution < -0.4 is 5.73 Å². The molecule has 0 aromatic carbocycles. The molecule has 1 aliphatic rings. The third-order valence-corrected chi connectivity index (χ3v) is 3.33. The van der Waals surface area contributed by atoms with Crippen LogP contribution in [0, 0.1) is 0 Å². The van der Waals surface area contributed by atoms with Gasteiger partial charge in [0, 0.05) is 12.7 Å². The average Bonchev–Trinajstić information content (AvgIpc) is 2.61. The third kappa shape index (κ3) is 2.80. The number of aromatic nitrogens is 1. The Balaban J connectivity index is 2.09. The maximum atomic E-state index is 5.90. The van der Waals surface area contributed by atoms with Crippen LogP contribution in [0.5, 0.6) is 0 Å². The van der Waals surface area contributed by atoms with Gasteiger partial charge in [0.05, 0.1) is 11.7 Å². The summed E-state index contributed by atoms with van der Waals surface area (Å²) >= 11 is 0. The number of likely N-dealkylation sites (tertiary alicyclic amines) is 1. The highest BCUT2D eigenvalue weighted by atomic mass is 15.2. The Morgan fingerprint density at radius 3 is 2.50 bits per heavy atom. The van der Waals surface area contributed by atoms with E-state index in [4.69, 9.17) is 5.73 Å². The van der Waals surface area contributed by atoms with Crippen LogP contribution >= 0.6 is 0 Å². The molecule has 0 unspecified atom stereocenters. The number of hydrogen-bond donors (Lipinski definition) is 1. The molecule has 16 heavy (non-hydrogen) atoms. The molecule has 1 saturated heterocycles. The number of hydrogen-bond acceptors (Lipinski definition) is 3. The first-order valence-electron chi connectivity index (χ1n) is 6.27. The van der Waals surface area contributed by atoms with Crippen molar-refractivity contribution in [1.29, 1.82) is 0 Å². The van der Waals surface area contributed by atoms with Crippen molar-refractivity contribution in [3.63, 3.8) is 0 Å². The molecule has 2 rings (SSSR count). The van der Waals surface area contributed by atoms with Gasteiger partial charge in [0.25, 0.3) is 0 Å². The fraction of sp³-hybridized carbons (Fsp3) is 0.615. The molecule has 0 aliphatic carbocycles. The van der Waals surface area contributed by atoms with Crippen molar-refractivity contribution in [3.8, 4) is 0 Å². The molecule has 0 bridgehead atoms. The van der Waals surface area contributed by atoms with Crippen molar-refractivity contribution in [1.82, 2.24) is 9.88 Å². The van der Waals surface area contributed by atoms with Crippen LogP contribution in [-0.2, 0) is 0 Å². The Hall–Kier alpha value is -0.930. The van der Waals surface area contributed by atoms with Gasteiger partial charge in [-0.05, 0) is 38.1 Å². The van der Waals surface area contributed by atoms with Gasteiger partial charge in [-0.25, -0.2) is 0 Å². The van der Waals surface area contributed by atoms with Gasteiger partial charge in [-0.15, -0.1) is 0 Å². The molecule has 1 aromatic heterocycles. The van der Waals surface area contributed by atoms with Gasteiger partial charge in [-0.2, -0.15) is 0 Å². The highest BCUT2D eigenvalue weighted by Crippen LogP contribution is 2.21. The lowest BCUT2D eigenvalue weighted by atomic mass is 10.1. The molecule has 0 radical (unpaired) electrons. The molecule has 3 nitrogen and oxygen atoms in total. The van der Waals surface area contributed by atoms with Gasteiger partial charge in [-0.3, -0.25) is 9.88 Å². The minimum Gasteiger partial charge on any atom is -0.329 e. The fourth-order valence-electron chi connectivity index (χ4n) is 2.44. The minimum absolute atomic E-state index is 0.305. The molecule has 1 aliphatic heterocycles. The van der Waals surface area contributed by atoms with Gasteiger partial charge >= 0.3 is 0 Å². The molecule has 2 heterocycles. The van der Waals surface area contributed by atoms with Gasteiger partial charge < -0.3 is 5.73 Å². The Morgan fingerprint density at radius 1 is 1.19 bits per heavy atom. The van der Waals surface area contributed by atoms with Crippen LogP contribution in [-0.4, -0.2) is 29.5 Å². The molecule has 1 aromatic rings. The second-order valence-corrected chi connectivity index (χ2v) is 4.46. The molecule has 2 N–H and O–H groups in total. The van der Waals surface area contributed by atoms with E-state index in [0.29, 0.717) is 12.6 Å². The van der Waals surface area contributed by atoms with Gasteiger partial charge in [-0.1, -0.05) is 18.9 Å². The van der Waals surface area contributed by atoms with E-state index in [-0.39, 0.29) is 0 Å². The quantitative estimate of drug-likeness (QED) is 0.845. The van der Waals surface area contributed by atoms with Crippen molar-refractivity contribution in [3.05, 3.63) is 30.1 Å². The Kier molecular flexibility index (Phi) is 4.31. The zero-order valence-electron chi connectivity index (χ0n) is 9.81. The normalized spacial score (nSPS) is 20.3. The number of rotatable bonds is 3. The molecular formula is C13H21N3. The molecule has 1 atom stereocenters. The molecular weight excluding hydrogens is 198 g/mol. The smallest absolute Gasteiger partial charge is 0.0644 e. The third-order valence-electron chi connectivity index (χ3n) is 3.33. The lowest BCUT2D eigenvalue weighted by Gasteiger charge is -2.29. The number of nitrogens with zero attached hydrogens (tertiary/aromatic N) is 2. The van der Waals surface area contributed by atoms with Crippen LogP contribution in [0.4, 0.5) is 0 Å². The summed E-state index contributed by atoms with van der Waals surface area (Å²) in [4.78, 5) is 6.93. The first-order valence-corrected chi connectivity index (χ1v) is 6.27. The molecule has 0 spiro atoms. The number of nitrogens with two attached hydrogens (primary N) is 1. The molecule has 3 heteroatoms. The molecule has 1 fully saturated rings. The highest BCUT2D eigenvalue weighted by Gasteiger charge is 2.20. The van der Waals surface area contributed by atoms with Crippen molar-refractivity contribution >= 4 is 0 Å². The first-order chi connectivity index (χ1) is 7.92. The van der Waals surface area contributed by atoms with Crippen molar-refractivity contribution < 1.29 is 0 Å². The Morgan fingerprint density at radius 2 is 1.94 bits per heavy atom. The van der Waals surface area contributed by atoms with E-state index >= 15 is 0 Å². The summed E-state index contributed by atoms with van der Waals surface area (Å²) in [5.74, 6) is 0. The van der Waals surface area contributed by atoms with E-state index in [0.717, 1.165) is 5.69 Å². The predicted molar refractivity (Wildman–Crippen MR) is 66.1 cm³/mol. The van der Waals surface area contributed by atoms with E-state index < -0.39 is 0 Å². The van der Waals surface area contributed by atoms with Crippen molar-refractivity contribution in [2.45, 2.75) is 31.7 Å². The zero-order chi connectivity index (χ0) is 11.2. The van der Waals surface area contributed by atoms with E-state index in [1.54, 1.807) is 0 Å². The standard InChI is InChI=1S/C13H21N3/c14-11-13(12-7-3-4-8-15-12)16-9-5-1-2-6-10-16/h3-4,7-8,13H,1-2,5-6,9-11,14H2/t13-/m1/s1. The Bertz CT molecular complexity index is 291. The summed E-state index contributed by atoms with van der Waals surface area (Å²) in [6.07, 6.45) is 7.16. The van der Waals surface area contributed by atoms with Gasteiger partial charge in [0.15, 0.2) is 0 Å². The fourth-order valence-corrected chi connectivity index (χ4v) is 2.44. The number of pyridine rings is 1. The second kappa shape index (κ2) is 5.97. The maximum Gasteiger partial charge on any atom is 0.0644 e. The molecule has 88 valence electrons. The first kappa shape index (κ1) is 11.6. The monoisotopic (exact) mass is 219 g/mol. The summed E-state index contributed by atoms with van der Waals surface area (Å²) in [6, 6.07) is 6.39. The van der Waals surface area contributed by atoms with Crippen LogP contribution in [0.2, 0.25) is 0 Å². The zero-order valence-corrected chi connectivity index (χ0v) is 9.81. The van der Waals surface area contributed by atoms with Crippen LogP contribution in [0.3, 0.4) is 0 Å². The molecule has 0 saturated carbocycles. The SMILES string of the molecule is NC[C@H](c1ccccn1)N1CCCCCC1. The van der Waals surface area contributed by atoms with Gasteiger partial charge in [0.1, 0.15) is 0 Å². The van der Waals surface area contributed by atoms with Crippen LogP contribution in [0.25, 0.3) is 0 Å². The van der Waals surface area contributed by atoms with Gasteiger partial charge in [0.2, 0.25) is 0 Å². The lowest BCUT2D eigenvalue weighted by molar-refractivity contribution is 0.206. The topological polar surface area (TPSA) is 42.1 Å². The van der Waals surface area contributed by atoms with E-state index in [1.807, 2.05) is 18.3 Å². The Labute approximate surface area is 97.7 Å². The average molecular weight is 219 g/mol. The van der Waals surface area contributed by atoms with Crippen molar-refractivity contribution in [2.75, 3.05) is 19.6 Å². The summed E-state index contributed by atoms with van der Waals surface area (Å²) in [5, 5.41) is 0. The van der Waals surface area contributed by atoms with E-state index in [2.05, 4.69) is 16.0 Å². The largest absolute Gasteiger partial charge is 0.329 e. The molecule has 0 amide bonds. The van der Waals surface area contributed by atoms with Crippen LogP contribution in [0.15, 0.2) is 24.4 Å². The second-order valence-electron chi connectivity index (χ2n) is 4.46. The maximum absolute atomic E-state index is 5.90. The minimum atomic E-state index is 0.305. The highest BCUT2D eigenvalue weighted by molar-refractivity contribution is 5.09. The summed E-state index contributed by atoms with van der Waals surface area (Å²) in [5.41, 5.74) is 7.02. The summed E-state index contributed by atoms with van der Waals surface area (Å²) in [7, 11) is 0.